The molecule has 0 atom stereocenters. The highest BCUT2D eigenvalue weighted by Gasteiger charge is 1.91. The summed E-state index contributed by atoms with van der Waals surface area (Å²) in [5.41, 5.74) is 0. The third-order valence-corrected chi connectivity index (χ3v) is 1.73. The summed E-state index contributed by atoms with van der Waals surface area (Å²) in [6.45, 7) is 7.06. The van der Waals surface area contributed by atoms with Crippen LogP contribution in [0.1, 0.15) is 19.8 Å². The first-order valence-electron chi connectivity index (χ1n) is 5.64. The summed E-state index contributed by atoms with van der Waals surface area (Å²) in [7, 11) is 1.66. The predicted octanol–water partition coefficient (Wildman–Crippen LogP) is 1.48. The molecule has 0 radical (unpaired) electrons. The lowest BCUT2D eigenvalue weighted by Crippen LogP contribution is -2.09. The molecule has 0 unspecified atom stereocenters. The molecule has 0 spiro atoms. The van der Waals surface area contributed by atoms with Crippen molar-refractivity contribution in [1.29, 1.82) is 0 Å². The first-order valence-corrected chi connectivity index (χ1v) is 5.64. The van der Waals surface area contributed by atoms with Gasteiger partial charge in [-0.2, -0.15) is 0 Å². The van der Waals surface area contributed by atoms with E-state index >= 15 is 0 Å². The molecule has 4 heteroatoms. The van der Waals surface area contributed by atoms with Crippen LogP contribution >= 0.6 is 0 Å². The van der Waals surface area contributed by atoms with Gasteiger partial charge in [0.2, 0.25) is 0 Å². The van der Waals surface area contributed by atoms with Gasteiger partial charge in [0, 0.05) is 26.9 Å². The van der Waals surface area contributed by atoms with Crippen LogP contribution in [0, 0.1) is 0 Å². The maximum Gasteiger partial charge on any atom is 0.0701 e. The van der Waals surface area contributed by atoms with Gasteiger partial charge in [0.25, 0.3) is 0 Å². The molecule has 0 aliphatic rings. The summed E-state index contributed by atoms with van der Waals surface area (Å²) >= 11 is 0. The molecule has 92 valence electrons. The highest BCUT2D eigenvalue weighted by molar-refractivity contribution is 4.36. The Morgan fingerprint density at radius 1 is 0.667 bits per heavy atom. The molecule has 0 rings (SSSR count). The van der Waals surface area contributed by atoms with E-state index < -0.39 is 0 Å². The van der Waals surface area contributed by atoms with Crippen LogP contribution in [-0.2, 0) is 18.9 Å². The van der Waals surface area contributed by atoms with E-state index in [4.69, 9.17) is 18.9 Å². The average molecular weight is 220 g/mol. The van der Waals surface area contributed by atoms with Gasteiger partial charge in [-0.15, -0.1) is 0 Å². The van der Waals surface area contributed by atoms with Crippen molar-refractivity contribution in [1.82, 2.24) is 0 Å². The van der Waals surface area contributed by atoms with Crippen LogP contribution in [-0.4, -0.2) is 53.4 Å². The molecule has 0 aliphatic carbocycles. The monoisotopic (exact) mass is 220 g/mol. The average Bonchev–Trinajstić information content (AvgIpc) is 2.26. The predicted molar refractivity (Wildman–Crippen MR) is 59.2 cm³/mol. The van der Waals surface area contributed by atoms with Gasteiger partial charge >= 0.3 is 0 Å². The van der Waals surface area contributed by atoms with Crippen molar-refractivity contribution in [2.24, 2.45) is 0 Å². The zero-order valence-corrected chi connectivity index (χ0v) is 10.00. The van der Waals surface area contributed by atoms with Crippen molar-refractivity contribution in [3.8, 4) is 0 Å². The second-order valence-electron chi connectivity index (χ2n) is 3.18. The topological polar surface area (TPSA) is 36.9 Å². The van der Waals surface area contributed by atoms with Crippen molar-refractivity contribution in [2.45, 2.75) is 19.8 Å². The summed E-state index contributed by atoms with van der Waals surface area (Å²) in [4.78, 5) is 0. The molecule has 0 bridgehead atoms. The molecule has 0 saturated heterocycles. The van der Waals surface area contributed by atoms with Crippen LogP contribution in [0.4, 0.5) is 0 Å². The lowest BCUT2D eigenvalue weighted by molar-refractivity contribution is 0.0183. The highest BCUT2D eigenvalue weighted by Crippen LogP contribution is 1.87. The smallest absolute Gasteiger partial charge is 0.0701 e. The van der Waals surface area contributed by atoms with E-state index in [1.54, 1.807) is 7.11 Å². The maximum absolute atomic E-state index is 5.35. The Labute approximate surface area is 92.8 Å². The Bertz CT molecular complexity index is 96.8. The molecule has 0 aromatic heterocycles. The van der Waals surface area contributed by atoms with Crippen LogP contribution in [0.25, 0.3) is 0 Å². The number of hydrogen-bond donors (Lipinski definition) is 0. The molecule has 4 nitrogen and oxygen atoms in total. The van der Waals surface area contributed by atoms with Gasteiger partial charge in [0.05, 0.1) is 26.4 Å². The summed E-state index contributed by atoms with van der Waals surface area (Å²) in [6, 6.07) is 0. The second kappa shape index (κ2) is 13.8. The third-order valence-electron chi connectivity index (χ3n) is 1.73. The Hall–Kier alpha value is -0.160. The molecule has 15 heavy (non-hydrogen) atoms. The first-order chi connectivity index (χ1) is 7.41. The van der Waals surface area contributed by atoms with Crippen LogP contribution < -0.4 is 0 Å². The normalized spacial score (nSPS) is 10.8. The van der Waals surface area contributed by atoms with Crippen LogP contribution in [0.2, 0.25) is 0 Å². The number of ether oxygens (including phenoxy) is 4. The number of methoxy groups -OCH3 is 1. The second-order valence-corrected chi connectivity index (χ2v) is 3.18. The summed E-state index contributed by atoms with van der Waals surface area (Å²) in [5, 5.41) is 0. The first kappa shape index (κ1) is 14.8. The van der Waals surface area contributed by atoms with Crippen LogP contribution in [0.5, 0.6) is 0 Å². The van der Waals surface area contributed by atoms with Gasteiger partial charge in [-0.3, -0.25) is 0 Å². The van der Waals surface area contributed by atoms with E-state index in [0.717, 1.165) is 32.7 Å². The van der Waals surface area contributed by atoms with Crippen molar-refractivity contribution < 1.29 is 18.9 Å². The molecule has 0 aromatic carbocycles. The standard InChI is InChI=1S/C11H24O4/c1-3-5-13-6-4-7-14-10-11-15-9-8-12-2/h3-11H2,1-2H3. The van der Waals surface area contributed by atoms with E-state index in [9.17, 15) is 0 Å². The zero-order chi connectivity index (χ0) is 11.2. The molecule has 0 heterocycles. The minimum Gasteiger partial charge on any atom is -0.382 e. The van der Waals surface area contributed by atoms with Crippen LogP contribution in [0.15, 0.2) is 0 Å². The van der Waals surface area contributed by atoms with Crippen LogP contribution in [0.3, 0.4) is 0 Å². The summed E-state index contributed by atoms with van der Waals surface area (Å²) < 4.78 is 20.7. The molecule has 0 aliphatic heterocycles. The minimum atomic E-state index is 0.638. The molecular formula is C11H24O4. The molecule has 0 aromatic rings. The zero-order valence-electron chi connectivity index (χ0n) is 10.00. The van der Waals surface area contributed by atoms with Gasteiger partial charge < -0.3 is 18.9 Å². The SMILES string of the molecule is CCCOCCCOCCOCCOC. The number of rotatable bonds is 12. The fraction of sp³-hybridized carbons (Fsp3) is 1.00. The van der Waals surface area contributed by atoms with Gasteiger partial charge in [0.15, 0.2) is 0 Å². The Balaban J connectivity index is 2.81. The summed E-state index contributed by atoms with van der Waals surface area (Å²) in [5.74, 6) is 0. The Kier molecular flexibility index (Phi) is 13.7. The lowest BCUT2D eigenvalue weighted by atomic mass is 10.5. The Morgan fingerprint density at radius 3 is 1.80 bits per heavy atom. The fourth-order valence-corrected chi connectivity index (χ4v) is 0.974. The summed E-state index contributed by atoms with van der Waals surface area (Å²) in [6.07, 6.45) is 2.03. The van der Waals surface area contributed by atoms with Gasteiger partial charge in [-0.05, 0) is 12.8 Å². The molecule has 0 saturated carbocycles. The van der Waals surface area contributed by atoms with Gasteiger partial charge in [0.1, 0.15) is 0 Å². The molecule has 0 fully saturated rings. The van der Waals surface area contributed by atoms with Crippen molar-refractivity contribution in [3.63, 3.8) is 0 Å². The molecule has 0 amide bonds. The van der Waals surface area contributed by atoms with Gasteiger partial charge in [-0.1, -0.05) is 6.92 Å². The quantitative estimate of drug-likeness (QED) is 0.467. The largest absolute Gasteiger partial charge is 0.382 e. The lowest BCUT2D eigenvalue weighted by Gasteiger charge is -2.05. The van der Waals surface area contributed by atoms with E-state index in [2.05, 4.69) is 6.92 Å². The maximum atomic E-state index is 5.35. The van der Waals surface area contributed by atoms with E-state index in [1.807, 2.05) is 0 Å². The molecule has 0 N–H and O–H groups in total. The third kappa shape index (κ3) is 13.8. The minimum absolute atomic E-state index is 0.638. The van der Waals surface area contributed by atoms with Crippen molar-refractivity contribution in [2.75, 3.05) is 53.4 Å². The highest BCUT2D eigenvalue weighted by atomic mass is 16.5. The number of hydrogen-bond acceptors (Lipinski definition) is 4. The van der Waals surface area contributed by atoms with Crippen molar-refractivity contribution in [3.05, 3.63) is 0 Å². The molecular weight excluding hydrogens is 196 g/mol. The fourth-order valence-electron chi connectivity index (χ4n) is 0.974. The van der Waals surface area contributed by atoms with E-state index in [1.165, 1.54) is 0 Å². The van der Waals surface area contributed by atoms with Crippen molar-refractivity contribution >= 4 is 0 Å². The van der Waals surface area contributed by atoms with E-state index in [0.29, 0.717) is 26.4 Å². The van der Waals surface area contributed by atoms with Gasteiger partial charge in [-0.25, -0.2) is 0 Å². The Morgan fingerprint density at radius 2 is 1.20 bits per heavy atom. The van der Waals surface area contributed by atoms with E-state index in [-0.39, 0.29) is 0 Å².